The molecule has 0 spiro atoms. The van der Waals surface area contributed by atoms with Gasteiger partial charge in [0, 0.05) is 33.2 Å². The van der Waals surface area contributed by atoms with Crippen molar-refractivity contribution in [3.8, 4) is 11.1 Å². The summed E-state index contributed by atoms with van der Waals surface area (Å²) in [5.41, 5.74) is -28.5. The van der Waals surface area contributed by atoms with Crippen LogP contribution in [0.5, 0.6) is 0 Å². The molecule has 7 heterocycles. The van der Waals surface area contributed by atoms with Crippen LogP contribution in [0.4, 0.5) is 110 Å². The normalized spacial score (nSPS) is 15.0. The summed E-state index contributed by atoms with van der Waals surface area (Å²) in [6.45, 7) is 0. The molecule has 0 atom stereocenters. The highest BCUT2D eigenvalue weighted by Crippen LogP contribution is 2.46. The third kappa shape index (κ3) is 7.54. The molecule has 5 aromatic carbocycles. The van der Waals surface area contributed by atoms with Crippen molar-refractivity contribution in [3.05, 3.63) is 250 Å². The molecule has 30 heteroatoms. The Morgan fingerprint density at radius 3 is 0.882 bits per heavy atom. The van der Waals surface area contributed by atoms with Gasteiger partial charge in [0.15, 0.2) is 116 Å². The zero-order chi connectivity index (χ0) is 61.3. The number of halogens is 25. The van der Waals surface area contributed by atoms with Crippen LogP contribution in [0, 0.1) is 145 Å². The monoisotopic (exact) mass is 1220 g/mol. The fourth-order valence-corrected chi connectivity index (χ4v) is 10.0. The SMILES string of the molecule is Fc1c(F)c(F)c(C2=C3C=CC(=N3)C(c3c(F)c(F)c(F)c(F)c3F)=C3C=CC(=N3)C(c3c(F)c(F)c(F)c(F)c3F)=c3ccc4c(-c5c(F)c(F)c(F)c(F)c5F)c5cc([nH]c5n34)C(c3c(F)c(F)c(F)c(F)c3F)=C3C=CC2=N3)c(F)c1F. The lowest BCUT2D eigenvalue weighted by Crippen LogP contribution is -2.21. The van der Waals surface area contributed by atoms with E-state index in [1.807, 2.05) is 0 Å². The van der Waals surface area contributed by atoms with E-state index in [-0.39, 0.29) is 0 Å². The lowest BCUT2D eigenvalue weighted by molar-refractivity contribution is 0.376. The molecular formula is C55H10F25N5. The Morgan fingerprint density at radius 2 is 0.541 bits per heavy atom. The summed E-state index contributed by atoms with van der Waals surface area (Å²) in [5.74, 6) is -69.6. The summed E-state index contributed by atoms with van der Waals surface area (Å²) in [4.78, 5) is 14.1. The van der Waals surface area contributed by atoms with Gasteiger partial charge >= 0.3 is 0 Å². The minimum absolute atomic E-state index is 0.367. The first-order chi connectivity index (χ1) is 40.1. The molecule has 4 aliphatic rings. The lowest BCUT2D eigenvalue weighted by Gasteiger charge is -2.15. The zero-order valence-corrected chi connectivity index (χ0v) is 39.9. The van der Waals surface area contributed by atoms with Crippen LogP contribution < -0.4 is 5.35 Å². The van der Waals surface area contributed by atoms with Crippen LogP contribution in [-0.4, -0.2) is 26.5 Å². The van der Waals surface area contributed by atoms with Crippen LogP contribution in [0.2, 0.25) is 0 Å². The van der Waals surface area contributed by atoms with E-state index in [0.717, 1.165) is 0 Å². The quantitative estimate of drug-likeness (QED) is 0.101. The predicted octanol–water partition coefficient (Wildman–Crippen LogP) is 15.1. The van der Waals surface area contributed by atoms with Crippen molar-refractivity contribution >= 4 is 56.0 Å². The molecule has 4 aliphatic heterocycles. The van der Waals surface area contributed by atoms with E-state index in [1.165, 1.54) is 0 Å². The first-order valence-corrected chi connectivity index (χ1v) is 23.0. The Bertz CT molecular complexity index is 4780. The number of aromatic nitrogens is 2. The second kappa shape index (κ2) is 19.1. The molecule has 0 unspecified atom stereocenters. The number of hydrogen-bond acceptors (Lipinski definition) is 3. The molecule has 0 saturated carbocycles. The molecule has 1 N–H and O–H groups in total. The molecule has 0 saturated heterocycles. The Hall–Kier alpha value is -9.90. The molecular weight excluding hydrogens is 1210 g/mol. The minimum Gasteiger partial charge on any atom is -0.340 e. The molecule has 0 radical (unpaired) electrons. The van der Waals surface area contributed by atoms with Gasteiger partial charge in [-0.1, -0.05) is 0 Å². The highest BCUT2D eigenvalue weighted by molar-refractivity contribution is 6.37. The second-order valence-corrected chi connectivity index (χ2v) is 18.1. The van der Waals surface area contributed by atoms with Crippen LogP contribution in [0.25, 0.3) is 50.0 Å². The Balaban J connectivity index is 1.37. The van der Waals surface area contributed by atoms with Gasteiger partial charge in [0.1, 0.15) is 5.65 Å². The Kier molecular flexibility index (Phi) is 12.5. The number of allylic oxidation sites excluding steroid dienone is 8. The van der Waals surface area contributed by atoms with Crippen molar-refractivity contribution in [2.45, 2.75) is 0 Å². The van der Waals surface area contributed by atoms with Crippen LogP contribution >= 0.6 is 0 Å². The highest BCUT2D eigenvalue weighted by Gasteiger charge is 2.40. The number of fused-ring (bicyclic) bond motifs is 4. The van der Waals surface area contributed by atoms with Gasteiger partial charge in [-0.25, -0.2) is 125 Å². The summed E-state index contributed by atoms with van der Waals surface area (Å²) >= 11 is 0. The minimum atomic E-state index is -2.87. The predicted molar refractivity (Wildman–Crippen MR) is 247 cm³/mol. The summed E-state index contributed by atoms with van der Waals surface area (Å²) in [7, 11) is 0. The second-order valence-electron chi connectivity index (χ2n) is 18.1. The van der Waals surface area contributed by atoms with Crippen molar-refractivity contribution in [1.29, 1.82) is 0 Å². The molecule has 8 bridgehead atoms. The van der Waals surface area contributed by atoms with E-state index in [2.05, 4.69) is 20.0 Å². The van der Waals surface area contributed by atoms with Crippen LogP contribution in [0.15, 0.2) is 86.7 Å². The summed E-state index contributed by atoms with van der Waals surface area (Å²) in [5, 5.41) is -2.20. The molecule has 0 amide bonds. The largest absolute Gasteiger partial charge is 0.340 e. The fraction of sp³-hybridized carbons (Fsp3) is 0. The summed E-state index contributed by atoms with van der Waals surface area (Å²) < 4.78 is 390. The van der Waals surface area contributed by atoms with E-state index >= 15 is 87.8 Å². The van der Waals surface area contributed by atoms with E-state index in [0.29, 0.717) is 59.1 Å². The number of aliphatic imine (C=N–C) groups is 3. The van der Waals surface area contributed by atoms with Gasteiger partial charge < -0.3 is 4.98 Å². The molecule has 8 aromatic rings. The topological polar surface area (TPSA) is 57.3 Å². The number of nitrogens with zero attached hydrogens (tertiary/aromatic N) is 4. The van der Waals surface area contributed by atoms with E-state index in [4.69, 9.17) is 0 Å². The molecule has 0 aliphatic carbocycles. The maximum Gasteiger partial charge on any atom is 0.200 e. The van der Waals surface area contributed by atoms with E-state index < -0.39 is 263 Å². The Labute approximate surface area is 451 Å². The standard InChI is InChI=1S/C55H10F25N5/c56-30-25(31(57)41(67)50(76)40(30)66)20-10-9-17-23(28-36(62)46(72)53(79)47(73)37(28)63)15-4-3-13(82-15)21(26-32(58)42(68)51(77)43(69)33(26)59)11-1-2-12(81-11)22(27-34(60)44(70)52(78)45(71)35(27)61)14-5-6-16(83-14)24(19-8-7-18(20)85(19)55(10)84-17)29-38(64)48(74)54(80)49(75)39(29)65/h1-9,84H. The average molecular weight is 1220 g/mol. The van der Waals surface area contributed by atoms with Gasteiger partial charge in [0.25, 0.3) is 0 Å². The molecule has 0 fully saturated rings. The smallest absolute Gasteiger partial charge is 0.200 e. The molecule has 85 heavy (non-hydrogen) atoms. The van der Waals surface area contributed by atoms with Crippen molar-refractivity contribution in [1.82, 2.24) is 9.38 Å². The zero-order valence-electron chi connectivity index (χ0n) is 39.9. The summed E-state index contributed by atoms with van der Waals surface area (Å²) in [6.07, 6.45) is 2.72. The number of benzene rings is 5. The van der Waals surface area contributed by atoms with E-state index in [9.17, 15) is 22.0 Å². The molecule has 12 rings (SSSR count). The first kappa shape index (κ1) is 55.6. The van der Waals surface area contributed by atoms with Crippen molar-refractivity contribution in [3.63, 3.8) is 0 Å². The number of hydrogen-bond donors (Lipinski definition) is 1. The third-order valence-corrected chi connectivity index (χ3v) is 13.7. The van der Waals surface area contributed by atoms with Gasteiger partial charge in [0.2, 0.25) is 29.1 Å². The molecule has 3 aromatic heterocycles. The first-order valence-electron chi connectivity index (χ1n) is 23.0. The van der Waals surface area contributed by atoms with Crippen molar-refractivity contribution in [2.24, 2.45) is 15.0 Å². The number of rotatable bonds is 5. The number of nitrogens with one attached hydrogen (secondary N) is 1. The third-order valence-electron chi connectivity index (χ3n) is 13.7. The van der Waals surface area contributed by atoms with Crippen molar-refractivity contribution in [2.75, 3.05) is 0 Å². The molecule has 430 valence electrons. The van der Waals surface area contributed by atoms with Crippen molar-refractivity contribution < 1.29 is 110 Å². The van der Waals surface area contributed by atoms with Crippen LogP contribution in [0.1, 0.15) is 27.9 Å². The maximum atomic E-state index is 16.5. The Morgan fingerprint density at radius 1 is 0.271 bits per heavy atom. The van der Waals surface area contributed by atoms with Gasteiger partial charge in [-0.3, -0.25) is 4.40 Å². The molecule has 5 nitrogen and oxygen atoms in total. The number of aromatic amines is 1. The van der Waals surface area contributed by atoms with Crippen LogP contribution in [-0.2, 0) is 0 Å². The maximum absolute atomic E-state index is 16.5. The highest BCUT2D eigenvalue weighted by atomic mass is 19.2. The number of H-pyrrole nitrogens is 1. The fourth-order valence-electron chi connectivity index (χ4n) is 10.0. The van der Waals surface area contributed by atoms with Gasteiger partial charge in [0.05, 0.1) is 78.6 Å². The van der Waals surface area contributed by atoms with E-state index in [1.54, 1.807) is 0 Å². The van der Waals surface area contributed by atoms with Gasteiger partial charge in [-0.15, -0.1) is 0 Å². The lowest BCUT2D eigenvalue weighted by atomic mass is 9.96. The van der Waals surface area contributed by atoms with Crippen LogP contribution in [0.3, 0.4) is 0 Å². The van der Waals surface area contributed by atoms with Gasteiger partial charge in [-0.2, -0.15) is 0 Å². The average Bonchev–Trinajstić information content (AvgIpc) is 2.34. The summed E-state index contributed by atoms with van der Waals surface area (Å²) in [6, 6.07) is 1.52. The van der Waals surface area contributed by atoms with Gasteiger partial charge in [-0.05, 0) is 54.7 Å².